The van der Waals surface area contributed by atoms with Gasteiger partial charge in [-0.3, -0.25) is 4.79 Å². The molecule has 0 spiro atoms. The molecule has 1 N–H and O–H groups in total. The summed E-state index contributed by atoms with van der Waals surface area (Å²) >= 11 is 0. The first-order valence-corrected chi connectivity index (χ1v) is 10.7. The van der Waals surface area contributed by atoms with Crippen molar-refractivity contribution in [1.82, 2.24) is 5.32 Å². The van der Waals surface area contributed by atoms with E-state index in [1.807, 2.05) is 30.3 Å². The van der Waals surface area contributed by atoms with Crippen molar-refractivity contribution < 1.29 is 13.2 Å². The van der Waals surface area contributed by atoms with Crippen LogP contribution in [0.3, 0.4) is 0 Å². The second-order valence-corrected chi connectivity index (χ2v) is 9.29. The van der Waals surface area contributed by atoms with Gasteiger partial charge in [0.25, 0.3) is 0 Å². The fourth-order valence-corrected chi connectivity index (χ4v) is 4.55. The Morgan fingerprint density at radius 1 is 1.17 bits per heavy atom. The van der Waals surface area contributed by atoms with Crippen LogP contribution >= 0.6 is 0 Å². The highest BCUT2D eigenvalue weighted by molar-refractivity contribution is 7.92. The summed E-state index contributed by atoms with van der Waals surface area (Å²) in [7, 11) is -3.39. The van der Waals surface area contributed by atoms with Crippen LogP contribution in [0.25, 0.3) is 0 Å². The molecule has 24 heavy (non-hydrogen) atoms. The van der Waals surface area contributed by atoms with Gasteiger partial charge in [-0.05, 0) is 44.1 Å². The molecule has 0 bridgehead atoms. The highest BCUT2D eigenvalue weighted by Crippen LogP contribution is 2.22. The van der Waals surface area contributed by atoms with Crippen molar-refractivity contribution in [1.29, 1.82) is 0 Å². The molecule has 0 radical (unpaired) electrons. The number of rotatable bonds is 8. The first kappa shape index (κ1) is 19.0. The summed E-state index contributed by atoms with van der Waals surface area (Å²) in [6.45, 7) is 2.12. The number of nitrogens with one attached hydrogen (secondary N) is 1. The Kier molecular flexibility index (Phi) is 7.28. The molecule has 0 unspecified atom stereocenters. The number of carbonyl (C=O) groups is 1. The maximum absolute atomic E-state index is 12.4. The molecular weight excluding hydrogens is 322 g/mol. The molecule has 5 heteroatoms. The predicted octanol–water partition coefficient (Wildman–Crippen LogP) is 3.12. The molecule has 2 rings (SSSR count). The lowest BCUT2D eigenvalue weighted by atomic mass is 9.89. The quantitative estimate of drug-likeness (QED) is 0.783. The third-order valence-electron chi connectivity index (χ3n) is 4.93. The van der Waals surface area contributed by atoms with Gasteiger partial charge >= 0.3 is 0 Å². The Balaban J connectivity index is 1.75. The van der Waals surface area contributed by atoms with Gasteiger partial charge in [-0.25, -0.2) is 8.42 Å². The second kappa shape index (κ2) is 9.21. The molecule has 134 valence electrons. The van der Waals surface area contributed by atoms with Gasteiger partial charge < -0.3 is 5.32 Å². The molecule has 0 saturated heterocycles. The van der Waals surface area contributed by atoms with E-state index in [-0.39, 0.29) is 11.7 Å². The van der Waals surface area contributed by atoms with Crippen molar-refractivity contribution in [3.63, 3.8) is 0 Å². The molecule has 1 fully saturated rings. The van der Waals surface area contributed by atoms with Gasteiger partial charge in [0.05, 0.1) is 5.75 Å². The molecule has 4 nitrogen and oxygen atoms in total. The van der Waals surface area contributed by atoms with Crippen LogP contribution in [0, 0.1) is 5.92 Å². The standard InChI is InChI=1S/C19H29NO3S/c1-16(19(21)20-15-18-11-6-3-7-12-18)24(22,23)14-8-13-17-9-4-2-5-10-17/h2,4-5,9-10,16,18H,3,6-8,11-15H2,1H3,(H,20,21)/t16-/m0/s1. The third kappa shape index (κ3) is 5.93. The van der Waals surface area contributed by atoms with E-state index in [4.69, 9.17) is 0 Å². The Labute approximate surface area is 146 Å². The van der Waals surface area contributed by atoms with Crippen molar-refractivity contribution in [3.05, 3.63) is 35.9 Å². The summed E-state index contributed by atoms with van der Waals surface area (Å²) in [4.78, 5) is 12.2. The zero-order valence-electron chi connectivity index (χ0n) is 14.5. The van der Waals surface area contributed by atoms with Crippen LogP contribution in [-0.2, 0) is 21.1 Å². The van der Waals surface area contributed by atoms with Crippen LogP contribution in [0.4, 0.5) is 0 Å². The molecular formula is C19H29NO3S. The Hall–Kier alpha value is -1.36. The fraction of sp³-hybridized carbons (Fsp3) is 0.632. The molecule has 1 aromatic rings. The highest BCUT2D eigenvalue weighted by atomic mass is 32.2. The van der Waals surface area contributed by atoms with Crippen molar-refractivity contribution >= 4 is 15.7 Å². The van der Waals surface area contributed by atoms with Gasteiger partial charge in [0.15, 0.2) is 9.84 Å². The van der Waals surface area contributed by atoms with Crippen molar-refractivity contribution in [2.45, 2.75) is 57.1 Å². The smallest absolute Gasteiger partial charge is 0.238 e. The van der Waals surface area contributed by atoms with Crippen LogP contribution in [0.2, 0.25) is 0 Å². The van der Waals surface area contributed by atoms with Crippen LogP contribution in [0.1, 0.15) is 51.0 Å². The zero-order chi connectivity index (χ0) is 17.4. The minimum Gasteiger partial charge on any atom is -0.355 e. The molecule has 1 saturated carbocycles. The second-order valence-electron chi connectivity index (χ2n) is 6.85. The van der Waals surface area contributed by atoms with Crippen LogP contribution in [0.5, 0.6) is 0 Å². The van der Waals surface area contributed by atoms with E-state index in [1.54, 1.807) is 0 Å². The average molecular weight is 352 g/mol. The van der Waals surface area contributed by atoms with E-state index in [1.165, 1.54) is 26.2 Å². The Morgan fingerprint density at radius 2 is 1.83 bits per heavy atom. The monoisotopic (exact) mass is 351 g/mol. The van der Waals surface area contributed by atoms with Crippen molar-refractivity contribution in [3.8, 4) is 0 Å². The fourth-order valence-electron chi connectivity index (χ4n) is 3.24. The molecule has 1 atom stereocenters. The van der Waals surface area contributed by atoms with E-state index in [0.717, 1.165) is 24.8 Å². The minimum absolute atomic E-state index is 0.0555. The number of amides is 1. The van der Waals surface area contributed by atoms with Crippen LogP contribution in [-0.4, -0.2) is 31.9 Å². The maximum atomic E-state index is 12.4. The summed E-state index contributed by atoms with van der Waals surface area (Å²) < 4.78 is 24.7. The Morgan fingerprint density at radius 3 is 2.50 bits per heavy atom. The van der Waals surface area contributed by atoms with Crippen LogP contribution in [0.15, 0.2) is 30.3 Å². The van der Waals surface area contributed by atoms with E-state index in [9.17, 15) is 13.2 Å². The van der Waals surface area contributed by atoms with Crippen molar-refractivity contribution in [2.24, 2.45) is 5.92 Å². The SMILES string of the molecule is C[C@@H](C(=O)NCC1CCCCC1)S(=O)(=O)CCCc1ccccc1. The zero-order valence-corrected chi connectivity index (χ0v) is 15.4. The van der Waals surface area contributed by atoms with Gasteiger partial charge in [0, 0.05) is 6.54 Å². The summed E-state index contributed by atoms with van der Waals surface area (Å²) in [5.74, 6) is 0.218. The molecule has 0 aliphatic heterocycles. The lowest BCUT2D eigenvalue weighted by Crippen LogP contribution is -2.41. The molecule has 1 amide bonds. The predicted molar refractivity (Wildman–Crippen MR) is 97.6 cm³/mol. The Bertz CT molecular complexity index is 607. The van der Waals surface area contributed by atoms with E-state index >= 15 is 0 Å². The lowest BCUT2D eigenvalue weighted by Gasteiger charge is -2.22. The highest BCUT2D eigenvalue weighted by Gasteiger charge is 2.28. The number of benzene rings is 1. The normalized spacial score (nSPS) is 17.4. The summed E-state index contributed by atoms with van der Waals surface area (Å²) in [5.41, 5.74) is 1.13. The lowest BCUT2D eigenvalue weighted by molar-refractivity contribution is -0.120. The van der Waals surface area contributed by atoms with Gasteiger partial charge in [-0.1, -0.05) is 49.6 Å². The first-order valence-electron chi connectivity index (χ1n) is 9.02. The summed E-state index contributed by atoms with van der Waals surface area (Å²) in [5, 5.41) is 1.89. The summed E-state index contributed by atoms with van der Waals surface area (Å²) in [6, 6.07) is 9.83. The summed E-state index contributed by atoms with van der Waals surface area (Å²) in [6.07, 6.45) is 7.25. The van der Waals surface area contributed by atoms with E-state index in [0.29, 0.717) is 18.9 Å². The van der Waals surface area contributed by atoms with Crippen LogP contribution < -0.4 is 5.32 Å². The minimum atomic E-state index is -3.39. The topological polar surface area (TPSA) is 63.2 Å². The van der Waals surface area contributed by atoms with E-state index < -0.39 is 15.1 Å². The molecule has 0 heterocycles. The number of hydrogen-bond acceptors (Lipinski definition) is 3. The van der Waals surface area contributed by atoms with Crippen molar-refractivity contribution in [2.75, 3.05) is 12.3 Å². The number of sulfone groups is 1. The first-order chi connectivity index (χ1) is 11.5. The van der Waals surface area contributed by atoms with Gasteiger partial charge in [-0.15, -0.1) is 0 Å². The van der Waals surface area contributed by atoms with E-state index in [2.05, 4.69) is 5.32 Å². The number of aryl methyl sites for hydroxylation is 1. The average Bonchev–Trinajstić information content (AvgIpc) is 2.60. The van der Waals surface area contributed by atoms with Gasteiger partial charge in [-0.2, -0.15) is 0 Å². The van der Waals surface area contributed by atoms with Gasteiger partial charge in [0.1, 0.15) is 5.25 Å². The third-order valence-corrected chi connectivity index (χ3v) is 7.08. The molecule has 1 aliphatic carbocycles. The number of hydrogen-bond donors (Lipinski definition) is 1. The maximum Gasteiger partial charge on any atom is 0.238 e. The number of carbonyl (C=O) groups excluding carboxylic acids is 1. The molecule has 1 aromatic carbocycles. The largest absolute Gasteiger partial charge is 0.355 e. The van der Waals surface area contributed by atoms with Gasteiger partial charge in [0.2, 0.25) is 5.91 Å². The molecule has 1 aliphatic rings. The molecule has 0 aromatic heterocycles.